The maximum atomic E-state index is 12.7. The monoisotopic (exact) mass is 365 g/mol. The molecule has 4 nitrogen and oxygen atoms in total. The van der Waals surface area contributed by atoms with Crippen LogP contribution < -0.4 is 10.6 Å². The van der Waals surface area contributed by atoms with Gasteiger partial charge < -0.3 is 10.6 Å². The van der Waals surface area contributed by atoms with Crippen molar-refractivity contribution in [1.29, 1.82) is 0 Å². The third-order valence-corrected chi connectivity index (χ3v) is 4.98. The maximum absolute atomic E-state index is 12.7. The van der Waals surface area contributed by atoms with Gasteiger partial charge >= 0.3 is 0 Å². The van der Waals surface area contributed by atoms with Crippen LogP contribution in [0.3, 0.4) is 0 Å². The van der Waals surface area contributed by atoms with Crippen LogP contribution in [0.25, 0.3) is 11.3 Å². The van der Waals surface area contributed by atoms with Crippen LogP contribution in [0.1, 0.15) is 31.7 Å². The Morgan fingerprint density at radius 3 is 2.65 bits per heavy atom. The van der Waals surface area contributed by atoms with E-state index < -0.39 is 0 Å². The fraction of sp³-hybridized carbons (Fsp3) is 0.238. The molecule has 3 aromatic rings. The zero-order valence-corrected chi connectivity index (χ0v) is 15.8. The molecule has 1 atom stereocenters. The van der Waals surface area contributed by atoms with Gasteiger partial charge in [0.05, 0.1) is 11.6 Å². The summed E-state index contributed by atoms with van der Waals surface area (Å²) in [4.78, 5) is 17.3. The SMILES string of the molecule is CCNc1nc(-c2cccc(NC(=O)C(CC)c3ccccc3)c2)cs1. The topological polar surface area (TPSA) is 54.0 Å². The molecule has 0 aliphatic heterocycles. The van der Waals surface area contributed by atoms with Crippen LogP contribution >= 0.6 is 11.3 Å². The minimum Gasteiger partial charge on any atom is -0.362 e. The van der Waals surface area contributed by atoms with E-state index in [9.17, 15) is 4.79 Å². The number of amides is 1. The molecular weight excluding hydrogens is 342 g/mol. The zero-order valence-electron chi connectivity index (χ0n) is 15.0. The summed E-state index contributed by atoms with van der Waals surface area (Å²) >= 11 is 1.58. The molecule has 0 bridgehead atoms. The van der Waals surface area contributed by atoms with Crippen molar-refractivity contribution in [2.24, 2.45) is 0 Å². The van der Waals surface area contributed by atoms with Crippen molar-refractivity contribution in [2.75, 3.05) is 17.2 Å². The highest BCUT2D eigenvalue weighted by Crippen LogP contribution is 2.28. The molecule has 26 heavy (non-hydrogen) atoms. The number of hydrogen-bond acceptors (Lipinski definition) is 4. The van der Waals surface area contributed by atoms with Gasteiger partial charge in [0, 0.05) is 23.2 Å². The van der Waals surface area contributed by atoms with E-state index in [1.54, 1.807) is 11.3 Å². The van der Waals surface area contributed by atoms with Crippen LogP contribution in [0, 0.1) is 0 Å². The molecule has 1 aromatic heterocycles. The van der Waals surface area contributed by atoms with Crippen molar-refractivity contribution in [1.82, 2.24) is 4.98 Å². The quantitative estimate of drug-likeness (QED) is 0.591. The summed E-state index contributed by atoms with van der Waals surface area (Å²) in [5.41, 5.74) is 3.74. The van der Waals surface area contributed by atoms with E-state index in [0.29, 0.717) is 0 Å². The molecule has 1 amide bonds. The molecule has 3 rings (SSSR count). The Labute approximate surface area is 158 Å². The van der Waals surface area contributed by atoms with E-state index in [-0.39, 0.29) is 11.8 Å². The van der Waals surface area contributed by atoms with E-state index in [4.69, 9.17) is 0 Å². The van der Waals surface area contributed by atoms with Crippen LogP contribution in [0.2, 0.25) is 0 Å². The molecule has 2 N–H and O–H groups in total. The molecule has 0 spiro atoms. The lowest BCUT2D eigenvalue weighted by Gasteiger charge is -2.15. The summed E-state index contributed by atoms with van der Waals surface area (Å²) in [7, 11) is 0. The van der Waals surface area contributed by atoms with E-state index in [0.717, 1.165) is 40.6 Å². The normalized spacial score (nSPS) is 11.8. The number of nitrogens with zero attached hydrogens (tertiary/aromatic N) is 1. The van der Waals surface area contributed by atoms with Gasteiger partial charge in [0.1, 0.15) is 0 Å². The molecule has 0 fully saturated rings. The maximum Gasteiger partial charge on any atom is 0.231 e. The van der Waals surface area contributed by atoms with E-state index in [2.05, 4.69) is 15.6 Å². The number of hydrogen-bond donors (Lipinski definition) is 2. The number of benzene rings is 2. The first kappa shape index (κ1) is 18.1. The molecule has 0 aliphatic carbocycles. The Kier molecular flexibility index (Phi) is 6.02. The Morgan fingerprint density at radius 1 is 1.12 bits per heavy atom. The van der Waals surface area contributed by atoms with Crippen LogP contribution in [-0.4, -0.2) is 17.4 Å². The fourth-order valence-corrected chi connectivity index (χ4v) is 3.67. The second kappa shape index (κ2) is 8.63. The Hall–Kier alpha value is -2.66. The predicted octanol–water partition coefficient (Wildman–Crippen LogP) is 5.37. The summed E-state index contributed by atoms with van der Waals surface area (Å²) < 4.78 is 0. The molecule has 1 unspecified atom stereocenters. The number of nitrogens with one attached hydrogen (secondary N) is 2. The molecule has 0 aliphatic rings. The highest BCUT2D eigenvalue weighted by atomic mass is 32.1. The first-order valence-corrected chi connectivity index (χ1v) is 9.74. The van der Waals surface area contributed by atoms with Gasteiger partial charge in [-0.2, -0.15) is 0 Å². The molecule has 0 radical (unpaired) electrons. The Morgan fingerprint density at radius 2 is 1.92 bits per heavy atom. The summed E-state index contributed by atoms with van der Waals surface area (Å²) in [5.74, 6) is -0.137. The molecule has 0 saturated heterocycles. The third kappa shape index (κ3) is 4.29. The van der Waals surface area contributed by atoms with Crippen molar-refractivity contribution in [3.05, 3.63) is 65.5 Å². The molecular formula is C21H23N3OS. The summed E-state index contributed by atoms with van der Waals surface area (Å²) in [5, 5.41) is 9.21. The van der Waals surface area contributed by atoms with E-state index in [1.807, 2.05) is 73.8 Å². The standard InChI is InChI=1S/C21H23N3OS/c1-3-18(15-9-6-5-7-10-15)20(25)23-17-12-8-11-16(13-17)19-14-26-21(24-19)22-4-2/h5-14,18H,3-4H2,1-2H3,(H,22,24)(H,23,25). The van der Waals surface area contributed by atoms with Crippen LogP contribution in [0.15, 0.2) is 60.0 Å². The number of carbonyl (C=O) groups excluding carboxylic acids is 1. The zero-order chi connectivity index (χ0) is 18.4. The van der Waals surface area contributed by atoms with Gasteiger partial charge in [-0.05, 0) is 31.0 Å². The average molecular weight is 366 g/mol. The summed E-state index contributed by atoms with van der Waals surface area (Å²) in [6, 6.07) is 17.7. The van der Waals surface area contributed by atoms with Gasteiger partial charge in [-0.15, -0.1) is 11.3 Å². The van der Waals surface area contributed by atoms with Crippen molar-refractivity contribution in [3.8, 4) is 11.3 Å². The van der Waals surface area contributed by atoms with Gasteiger partial charge in [-0.1, -0.05) is 49.4 Å². The third-order valence-electron chi connectivity index (χ3n) is 4.18. The lowest BCUT2D eigenvalue weighted by Crippen LogP contribution is -2.20. The van der Waals surface area contributed by atoms with Gasteiger partial charge in [0.2, 0.25) is 5.91 Å². The second-order valence-corrected chi connectivity index (χ2v) is 6.87. The highest BCUT2D eigenvalue weighted by Gasteiger charge is 2.18. The number of anilines is 2. The lowest BCUT2D eigenvalue weighted by molar-refractivity contribution is -0.117. The molecule has 5 heteroatoms. The van der Waals surface area contributed by atoms with Gasteiger partial charge in [0.25, 0.3) is 0 Å². The van der Waals surface area contributed by atoms with Gasteiger partial charge in [0.15, 0.2) is 5.13 Å². The highest BCUT2D eigenvalue weighted by molar-refractivity contribution is 7.14. The average Bonchev–Trinajstić information content (AvgIpc) is 3.12. The van der Waals surface area contributed by atoms with Crippen molar-refractivity contribution in [3.63, 3.8) is 0 Å². The predicted molar refractivity (Wildman–Crippen MR) is 110 cm³/mol. The van der Waals surface area contributed by atoms with Crippen molar-refractivity contribution < 1.29 is 4.79 Å². The van der Waals surface area contributed by atoms with Gasteiger partial charge in [-0.3, -0.25) is 4.79 Å². The minimum atomic E-state index is -0.153. The summed E-state index contributed by atoms with van der Waals surface area (Å²) in [6.45, 7) is 4.93. The van der Waals surface area contributed by atoms with Crippen LogP contribution in [0.4, 0.5) is 10.8 Å². The first-order chi connectivity index (χ1) is 12.7. The summed E-state index contributed by atoms with van der Waals surface area (Å²) in [6.07, 6.45) is 0.758. The van der Waals surface area contributed by atoms with Crippen LogP contribution in [-0.2, 0) is 4.79 Å². The van der Waals surface area contributed by atoms with E-state index in [1.165, 1.54) is 0 Å². The van der Waals surface area contributed by atoms with Crippen molar-refractivity contribution in [2.45, 2.75) is 26.2 Å². The van der Waals surface area contributed by atoms with Crippen LogP contribution in [0.5, 0.6) is 0 Å². The Balaban J connectivity index is 1.76. The second-order valence-electron chi connectivity index (χ2n) is 6.01. The largest absolute Gasteiger partial charge is 0.362 e. The first-order valence-electron chi connectivity index (χ1n) is 8.87. The number of thiazole rings is 1. The lowest BCUT2D eigenvalue weighted by atomic mass is 9.95. The fourth-order valence-electron chi connectivity index (χ4n) is 2.88. The molecule has 134 valence electrons. The molecule has 1 heterocycles. The minimum absolute atomic E-state index is 0.0162. The molecule has 2 aromatic carbocycles. The number of rotatable bonds is 7. The van der Waals surface area contributed by atoms with Crippen molar-refractivity contribution >= 4 is 28.1 Å². The smallest absolute Gasteiger partial charge is 0.231 e. The number of aromatic nitrogens is 1. The van der Waals surface area contributed by atoms with E-state index >= 15 is 0 Å². The van der Waals surface area contributed by atoms with Gasteiger partial charge in [-0.25, -0.2) is 4.98 Å². The Bertz CT molecular complexity index is 860. The number of carbonyl (C=O) groups is 1. The molecule has 0 saturated carbocycles.